The quantitative estimate of drug-likeness (QED) is 0.542. The van der Waals surface area contributed by atoms with Gasteiger partial charge in [0.25, 0.3) is 0 Å². The largest absolute Gasteiger partial charge is 0.436 e. The van der Waals surface area contributed by atoms with E-state index < -0.39 is 10.5 Å². The van der Waals surface area contributed by atoms with Gasteiger partial charge in [-0.05, 0) is 23.8 Å². The Morgan fingerprint density at radius 2 is 1.97 bits per heavy atom. The molecular formula is C20H25N5O4. The maximum absolute atomic E-state index is 12.5. The molecule has 1 amide bonds. The monoisotopic (exact) mass is 399 g/mol. The lowest BCUT2D eigenvalue weighted by Crippen LogP contribution is -2.53. The highest BCUT2D eigenvalue weighted by Crippen LogP contribution is 2.31. The fourth-order valence-electron chi connectivity index (χ4n) is 4.05. The highest BCUT2D eigenvalue weighted by atomic mass is 16.6. The van der Waals surface area contributed by atoms with E-state index in [0.29, 0.717) is 38.6 Å². The van der Waals surface area contributed by atoms with Crippen LogP contribution in [0.5, 0.6) is 6.01 Å². The number of fused-ring (bicyclic) bond motifs is 1. The topological polar surface area (TPSA) is 93.7 Å². The van der Waals surface area contributed by atoms with Gasteiger partial charge in [0.2, 0.25) is 5.91 Å². The molecule has 2 aromatic rings. The minimum Gasteiger partial charge on any atom is -0.436 e. The molecule has 2 aliphatic rings. The second-order valence-electron chi connectivity index (χ2n) is 7.96. The summed E-state index contributed by atoms with van der Waals surface area (Å²) in [5.74, 6) is 0.00829. The maximum atomic E-state index is 12.5. The molecule has 1 aromatic carbocycles. The summed E-state index contributed by atoms with van der Waals surface area (Å²) in [7, 11) is 0. The molecule has 29 heavy (non-hydrogen) atoms. The van der Waals surface area contributed by atoms with Crippen molar-refractivity contribution < 1.29 is 14.5 Å². The molecule has 0 spiro atoms. The van der Waals surface area contributed by atoms with Crippen LogP contribution in [0.2, 0.25) is 0 Å². The summed E-state index contributed by atoms with van der Waals surface area (Å²) < 4.78 is 7.61. The van der Waals surface area contributed by atoms with Crippen molar-refractivity contribution in [3.05, 3.63) is 52.2 Å². The molecule has 9 nitrogen and oxygen atoms in total. The van der Waals surface area contributed by atoms with Crippen molar-refractivity contribution >= 4 is 11.7 Å². The number of nitrogens with zero attached hydrogens (tertiary/aromatic N) is 5. The molecule has 3 heterocycles. The Kier molecular flexibility index (Phi) is 5.23. The highest BCUT2D eigenvalue weighted by molar-refractivity contribution is 5.76. The zero-order valence-corrected chi connectivity index (χ0v) is 16.5. The van der Waals surface area contributed by atoms with Crippen LogP contribution in [0.25, 0.3) is 0 Å². The van der Waals surface area contributed by atoms with Gasteiger partial charge in [-0.15, -0.1) is 0 Å². The van der Waals surface area contributed by atoms with E-state index in [0.717, 1.165) is 19.5 Å². The number of nitro groups is 1. The van der Waals surface area contributed by atoms with E-state index in [4.69, 9.17) is 4.74 Å². The Labute approximate surface area is 169 Å². The number of hydrogen-bond donors (Lipinski definition) is 0. The minimum absolute atomic E-state index is 0.190. The summed E-state index contributed by atoms with van der Waals surface area (Å²) in [4.78, 5) is 31.0. The average molecular weight is 399 g/mol. The molecule has 0 radical (unpaired) electrons. The van der Waals surface area contributed by atoms with E-state index in [-0.39, 0.29) is 11.7 Å². The summed E-state index contributed by atoms with van der Waals surface area (Å²) in [5, 5.41) is 10.8. The first-order valence-electron chi connectivity index (χ1n) is 9.86. The van der Waals surface area contributed by atoms with E-state index in [1.54, 1.807) is 4.57 Å². The van der Waals surface area contributed by atoms with Crippen molar-refractivity contribution in [2.75, 3.05) is 32.7 Å². The zero-order chi connectivity index (χ0) is 20.4. The van der Waals surface area contributed by atoms with Crippen molar-refractivity contribution in [3.8, 4) is 6.01 Å². The predicted molar refractivity (Wildman–Crippen MR) is 106 cm³/mol. The third kappa shape index (κ3) is 4.40. The van der Waals surface area contributed by atoms with Crippen LogP contribution in [0, 0.1) is 10.1 Å². The van der Waals surface area contributed by atoms with Crippen molar-refractivity contribution in [2.24, 2.45) is 0 Å². The minimum atomic E-state index is -0.514. The lowest BCUT2D eigenvalue weighted by molar-refractivity contribution is -0.389. The molecule has 1 aromatic heterocycles. The SMILES string of the molecule is CC1(CN2CCN(C(=O)CCc3ccccc3)CC2)Cn2cc([N+](=O)[O-])nc2O1. The van der Waals surface area contributed by atoms with Gasteiger partial charge >= 0.3 is 11.8 Å². The summed E-state index contributed by atoms with van der Waals surface area (Å²) in [6, 6.07) is 10.4. The van der Waals surface area contributed by atoms with Crippen LogP contribution in [-0.4, -0.2) is 68.5 Å². The third-order valence-corrected chi connectivity index (χ3v) is 5.51. The molecule has 0 N–H and O–H groups in total. The van der Waals surface area contributed by atoms with Crippen LogP contribution in [0.1, 0.15) is 18.9 Å². The van der Waals surface area contributed by atoms with Crippen molar-refractivity contribution in [1.82, 2.24) is 19.4 Å². The summed E-state index contributed by atoms with van der Waals surface area (Å²) in [6.45, 7) is 6.21. The predicted octanol–water partition coefficient (Wildman–Crippen LogP) is 1.72. The molecular weight excluding hydrogens is 374 g/mol. The van der Waals surface area contributed by atoms with Crippen LogP contribution in [0.15, 0.2) is 36.5 Å². The smallest absolute Gasteiger partial charge is 0.415 e. The van der Waals surface area contributed by atoms with E-state index in [1.165, 1.54) is 11.8 Å². The standard InChI is InChI=1S/C20H25N5O4/c1-20(15-24-13-17(25(27)28)21-19(24)29-20)14-22-9-11-23(12-10-22)18(26)8-7-16-5-3-2-4-6-16/h2-6,13H,7-12,14-15H2,1H3. The van der Waals surface area contributed by atoms with Crippen LogP contribution in [0.4, 0.5) is 5.82 Å². The van der Waals surface area contributed by atoms with Crippen LogP contribution in [-0.2, 0) is 17.8 Å². The first kappa shape index (κ1) is 19.4. The average Bonchev–Trinajstić information content (AvgIpc) is 3.22. The van der Waals surface area contributed by atoms with E-state index in [9.17, 15) is 14.9 Å². The Bertz CT molecular complexity index is 866. The Morgan fingerprint density at radius 3 is 2.62 bits per heavy atom. The fraction of sp³-hybridized carbons (Fsp3) is 0.500. The van der Waals surface area contributed by atoms with Gasteiger partial charge < -0.3 is 19.8 Å². The number of carbonyl (C=O) groups excluding carboxylic acids is 1. The number of aromatic nitrogens is 2. The van der Waals surface area contributed by atoms with Crippen molar-refractivity contribution in [1.29, 1.82) is 0 Å². The van der Waals surface area contributed by atoms with Crippen molar-refractivity contribution in [2.45, 2.75) is 31.9 Å². The van der Waals surface area contributed by atoms with Crippen LogP contribution in [0.3, 0.4) is 0 Å². The van der Waals surface area contributed by atoms with Gasteiger partial charge in [0.05, 0.1) is 6.54 Å². The first-order valence-corrected chi connectivity index (χ1v) is 9.86. The van der Waals surface area contributed by atoms with Crippen LogP contribution < -0.4 is 4.74 Å². The van der Waals surface area contributed by atoms with Crippen LogP contribution >= 0.6 is 0 Å². The van der Waals surface area contributed by atoms with E-state index in [2.05, 4.69) is 9.88 Å². The van der Waals surface area contributed by atoms with Gasteiger partial charge in [-0.25, -0.2) is 0 Å². The number of aryl methyl sites for hydroxylation is 1. The number of amides is 1. The molecule has 0 aliphatic carbocycles. The normalized spacial score (nSPS) is 21.6. The summed E-state index contributed by atoms with van der Waals surface area (Å²) in [5.41, 5.74) is 0.709. The van der Waals surface area contributed by atoms with Gasteiger partial charge in [-0.1, -0.05) is 30.3 Å². The Morgan fingerprint density at radius 1 is 1.24 bits per heavy atom. The van der Waals surface area contributed by atoms with E-state index >= 15 is 0 Å². The van der Waals surface area contributed by atoms with Gasteiger partial charge in [-0.3, -0.25) is 14.3 Å². The first-order chi connectivity index (χ1) is 13.9. The second kappa shape index (κ2) is 7.82. The summed E-state index contributed by atoms with van der Waals surface area (Å²) >= 11 is 0. The molecule has 1 saturated heterocycles. The number of ether oxygens (including phenoxy) is 1. The van der Waals surface area contributed by atoms with Gasteiger partial charge in [0, 0.05) is 44.1 Å². The molecule has 0 bridgehead atoms. The van der Waals surface area contributed by atoms with Gasteiger partial charge in [0.1, 0.15) is 11.8 Å². The molecule has 2 aliphatic heterocycles. The molecule has 9 heteroatoms. The molecule has 0 saturated carbocycles. The molecule has 1 atom stereocenters. The lowest BCUT2D eigenvalue weighted by Gasteiger charge is -2.38. The fourth-order valence-corrected chi connectivity index (χ4v) is 4.05. The molecule has 1 fully saturated rings. The third-order valence-electron chi connectivity index (χ3n) is 5.51. The Balaban J connectivity index is 1.24. The molecule has 154 valence electrons. The number of rotatable bonds is 6. The zero-order valence-electron chi connectivity index (χ0n) is 16.5. The number of hydrogen-bond acceptors (Lipinski definition) is 6. The Hall–Kier alpha value is -2.94. The number of benzene rings is 1. The molecule has 1 unspecified atom stereocenters. The number of piperazine rings is 1. The highest BCUT2D eigenvalue weighted by Gasteiger charge is 2.41. The van der Waals surface area contributed by atoms with Gasteiger partial charge in [-0.2, -0.15) is 0 Å². The summed E-state index contributed by atoms with van der Waals surface area (Å²) in [6.07, 6.45) is 2.72. The van der Waals surface area contributed by atoms with Crippen molar-refractivity contribution in [3.63, 3.8) is 0 Å². The van der Waals surface area contributed by atoms with Gasteiger partial charge in [0.15, 0.2) is 0 Å². The number of imidazole rings is 1. The maximum Gasteiger partial charge on any atom is 0.415 e. The second-order valence-corrected chi connectivity index (χ2v) is 7.96. The van der Waals surface area contributed by atoms with E-state index in [1.807, 2.05) is 42.2 Å². The lowest BCUT2D eigenvalue weighted by atomic mass is 10.1. The number of carbonyl (C=O) groups is 1. The molecule has 4 rings (SSSR count).